The molecule has 0 spiro atoms. The van der Waals surface area contributed by atoms with Crippen LogP contribution in [0.3, 0.4) is 0 Å². The van der Waals surface area contributed by atoms with E-state index in [1.165, 1.54) is 11.8 Å². The van der Waals surface area contributed by atoms with Crippen LogP contribution in [-0.2, 0) is 0 Å². The van der Waals surface area contributed by atoms with E-state index in [4.69, 9.17) is 15.5 Å². The summed E-state index contributed by atoms with van der Waals surface area (Å²) in [6, 6.07) is 15.4. The normalized spacial score (nSPS) is 10.9. The molecule has 4 rings (SSSR count). The molecule has 0 atom stereocenters. The van der Waals surface area contributed by atoms with E-state index < -0.39 is 5.91 Å². The molecule has 2 aromatic carbocycles. The van der Waals surface area contributed by atoms with Crippen LogP contribution in [-0.4, -0.2) is 37.8 Å². The van der Waals surface area contributed by atoms with E-state index in [1.54, 1.807) is 6.08 Å². The number of carbonyl (C=O) groups is 1. The monoisotopic (exact) mass is 445 g/mol. The lowest BCUT2D eigenvalue weighted by Gasteiger charge is -2.10. The standard InChI is InChI=1S/C24H23N5O2S/c1-4-14-32-24-27-20-19(21(25)30)26-22(16-8-12-18(13-9-16)31-5-2)28-23(20)29(24)17-10-6-15(3)7-11-17/h4,6-13H,1,5,14H2,2-3H3,(H2,25,30). The van der Waals surface area contributed by atoms with Crippen molar-refractivity contribution >= 4 is 28.8 Å². The van der Waals surface area contributed by atoms with E-state index in [2.05, 4.69) is 16.5 Å². The topological polar surface area (TPSA) is 95.9 Å². The lowest BCUT2D eigenvalue weighted by molar-refractivity contribution is 0.0997. The van der Waals surface area contributed by atoms with Crippen LogP contribution in [0.2, 0.25) is 0 Å². The van der Waals surface area contributed by atoms with Crippen molar-refractivity contribution in [2.75, 3.05) is 12.4 Å². The van der Waals surface area contributed by atoms with Crippen LogP contribution < -0.4 is 10.5 Å². The van der Waals surface area contributed by atoms with Crippen molar-refractivity contribution in [2.45, 2.75) is 19.0 Å². The summed E-state index contributed by atoms with van der Waals surface area (Å²) in [5, 5.41) is 0.685. The number of rotatable bonds is 8. The van der Waals surface area contributed by atoms with Crippen LogP contribution in [0.1, 0.15) is 23.0 Å². The third kappa shape index (κ3) is 4.22. The number of imidazole rings is 1. The van der Waals surface area contributed by atoms with Crippen molar-refractivity contribution < 1.29 is 9.53 Å². The average molecular weight is 446 g/mol. The molecule has 0 unspecified atom stereocenters. The van der Waals surface area contributed by atoms with Gasteiger partial charge in [0.25, 0.3) is 5.91 Å². The number of aryl methyl sites for hydroxylation is 1. The van der Waals surface area contributed by atoms with Crippen molar-refractivity contribution in [1.29, 1.82) is 0 Å². The molecular formula is C24H23N5O2S. The molecule has 2 aromatic heterocycles. The smallest absolute Gasteiger partial charge is 0.269 e. The van der Waals surface area contributed by atoms with Crippen molar-refractivity contribution in [2.24, 2.45) is 5.73 Å². The van der Waals surface area contributed by atoms with Crippen LogP contribution in [0.15, 0.2) is 66.3 Å². The van der Waals surface area contributed by atoms with Crippen molar-refractivity contribution in [1.82, 2.24) is 19.5 Å². The first-order valence-corrected chi connectivity index (χ1v) is 11.1. The molecule has 0 bridgehead atoms. The number of nitrogens with zero attached hydrogens (tertiary/aromatic N) is 4. The van der Waals surface area contributed by atoms with E-state index in [-0.39, 0.29) is 5.69 Å². The van der Waals surface area contributed by atoms with Gasteiger partial charge in [-0.05, 0) is 50.2 Å². The highest BCUT2D eigenvalue weighted by Crippen LogP contribution is 2.30. The second kappa shape index (κ2) is 9.23. The Labute approximate surface area is 190 Å². The zero-order valence-corrected chi connectivity index (χ0v) is 18.7. The lowest BCUT2D eigenvalue weighted by atomic mass is 10.2. The van der Waals surface area contributed by atoms with Gasteiger partial charge in [0.05, 0.1) is 6.61 Å². The largest absolute Gasteiger partial charge is 0.494 e. The maximum Gasteiger partial charge on any atom is 0.269 e. The summed E-state index contributed by atoms with van der Waals surface area (Å²) in [5.74, 6) is 1.14. The van der Waals surface area contributed by atoms with Crippen molar-refractivity contribution in [3.05, 3.63) is 72.4 Å². The summed E-state index contributed by atoms with van der Waals surface area (Å²) in [7, 11) is 0. The van der Waals surface area contributed by atoms with Gasteiger partial charge in [-0.15, -0.1) is 6.58 Å². The molecule has 0 aliphatic carbocycles. The van der Waals surface area contributed by atoms with E-state index in [1.807, 2.05) is 66.9 Å². The van der Waals surface area contributed by atoms with Crippen LogP contribution in [0.25, 0.3) is 28.2 Å². The summed E-state index contributed by atoms with van der Waals surface area (Å²) in [4.78, 5) is 26.2. The molecule has 0 saturated heterocycles. The summed E-state index contributed by atoms with van der Waals surface area (Å²) >= 11 is 1.50. The van der Waals surface area contributed by atoms with Gasteiger partial charge < -0.3 is 10.5 Å². The highest BCUT2D eigenvalue weighted by Gasteiger charge is 2.22. The van der Waals surface area contributed by atoms with Crippen LogP contribution in [0.4, 0.5) is 0 Å². The van der Waals surface area contributed by atoms with Gasteiger partial charge in [-0.2, -0.15) is 0 Å². The quantitative estimate of drug-likeness (QED) is 0.315. The maximum atomic E-state index is 12.3. The second-order valence-corrected chi connectivity index (χ2v) is 8.04. The molecule has 4 aromatic rings. The Morgan fingerprint density at radius 1 is 1.12 bits per heavy atom. The number of thioether (sulfide) groups is 1. The van der Waals surface area contributed by atoms with Gasteiger partial charge in [-0.3, -0.25) is 9.36 Å². The van der Waals surface area contributed by atoms with Gasteiger partial charge in [0.15, 0.2) is 22.3 Å². The average Bonchev–Trinajstić information content (AvgIpc) is 3.16. The molecule has 0 aliphatic rings. The second-order valence-electron chi connectivity index (χ2n) is 7.05. The Morgan fingerprint density at radius 2 is 1.84 bits per heavy atom. The maximum absolute atomic E-state index is 12.3. The van der Waals surface area contributed by atoms with Crippen molar-refractivity contribution in [3.8, 4) is 22.8 Å². The number of aromatic nitrogens is 4. The van der Waals surface area contributed by atoms with E-state index in [0.717, 1.165) is 22.6 Å². The summed E-state index contributed by atoms with van der Waals surface area (Å²) in [6.07, 6.45) is 1.80. The Kier molecular flexibility index (Phi) is 6.23. The first-order valence-electron chi connectivity index (χ1n) is 10.2. The van der Waals surface area contributed by atoms with E-state index in [0.29, 0.717) is 34.5 Å². The molecule has 7 nitrogen and oxygen atoms in total. The summed E-state index contributed by atoms with van der Waals surface area (Å²) in [5.41, 5.74) is 9.44. The molecule has 0 aliphatic heterocycles. The number of carbonyl (C=O) groups excluding carboxylic acids is 1. The molecule has 32 heavy (non-hydrogen) atoms. The highest BCUT2D eigenvalue weighted by atomic mass is 32.2. The van der Waals surface area contributed by atoms with Crippen molar-refractivity contribution in [3.63, 3.8) is 0 Å². The Balaban J connectivity index is 1.96. The molecule has 2 N–H and O–H groups in total. The Morgan fingerprint density at radius 3 is 2.47 bits per heavy atom. The van der Waals surface area contributed by atoms with Gasteiger partial charge in [0.1, 0.15) is 11.3 Å². The first-order chi connectivity index (χ1) is 15.5. The molecule has 0 saturated carbocycles. The molecule has 0 fully saturated rings. The van der Waals surface area contributed by atoms with Crippen LogP contribution >= 0.6 is 11.8 Å². The van der Waals surface area contributed by atoms with Gasteiger partial charge in [-0.1, -0.05) is 35.5 Å². The van der Waals surface area contributed by atoms with Crippen LogP contribution in [0.5, 0.6) is 5.75 Å². The number of benzene rings is 2. The minimum absolute atomic E-state index is 0.0881. The molecule has 0 radical (unpaired) electrons. The van der Waals surface area contributed by atoms with Crippen LogP contribution in [0, 0.1) is 6.92 Å². The van der Waals surface area contributed by atoms with Gasteiger partial charge >= 0.3 is 0 Å². The molecular weight excluding hydrogens is 422 g/mol. The van der Waals surface area contributed by atoms with E-state index >= 15 is 0 Å². The fourth-order valence-corrected chi connectivity index (χ4v) is 4.01. The number of hydrogen-bond donors (Lipinski definition) is 1. The minimum atomic E-state index is -0.654. The zero-order valence-electron chi connectivity index (χ0n) is 17.9. The molecule has 8 heteroatoms. The Hall–Kier alpha value is -3.65. The first kappa shape index (κ1) is 21.6. The molecule has 2 heterocycles. The van der Waals surface area contributed by atoms with E-state index in [9.17, 15) is 4.79 Å². The number of fused-ring (bicyclic) bond motifs is 1. The van der Waals surface area contributed by atoms with Gasteiger partial charge in [0, 0.05) is 17.0 Å². The summed E-state index contributed by atoms with van der Waals surface area (Å²) in [6.45, 7) is 8.33. The fourth-order valence-electron chi connectivity index (χ4n) is 3.26. The number of nitrogens with two attached hydrogens (primary N) is 1. The highest BCUT2D eigenvalue weighted by molar-refractivity contribution is 7.99. The zero-order chi connectivity index (χ0) is 22.7. The minimum Gasteiger partial charge on any atom is -0.494 e. The number of ether oxygens (including phenoxy) is 1. The third-order valence-electron chi connectivity index (χ3n) is 4.76. The SMILES string of the molecule is C=CCSc1nc2c(C(N)=O)nc(-c3ccc(OCC)cc3)nc2n1-c1ccc(C)cc1. The summed E-state index contributed by atoms with van der Waals surface area (Å²) < 4.78 is 7.44. The number of hydrogen-bond acceptors (Lipinski definition) is 6. The number of amides is 1. The fraction of sp³-hybridized carbons (Fsp3) is 0.167. The number of primary amides is 1. The Bertz CT molecular complexity index is 1280. The third-order valence-corrected chi connectivity index (χ3v) is 5.69. The lowest BCUT2D eigenvalue weighted by Crippen LogP contribution is -2.15. The molecule has 162 valence electrons. The van der Waals surface area contributed by atoms with Gasteiger partial charge in [0.2, 0.25) is 0 Å². The predicted octanol–water partition coefficient (Wildman–Crippen LogP) is 4.57. The van der Waals surface area contributed by atoms with Gasteiger partial charge in [-0.25, -0.2) is 15.0 Å². The predicted molar refractivity (Wildman–Crippen MR) is 127 cm³/mol. The molecule has 1 amide bonds.